The second kappa shape index (κ2) is 6.66. The van der Waals surface area contributed by atoms with Crippen LogP contribution in [0.25, 0.3) is 0 Å². The van der Waals surface area contributed by atoms with Crippen LogP contribution < -0.4 is 0 Å². The number of halogens is 1. The van der Waals surface area contributed by atoms with Crippen molar-refractivity contribution in [1.82, 2.24) is 0 Å². The minimum atomic E-state index is -1.18. The molecule has 1 aromatic rings. The first-order chi connectivity index (χ1) is 7.63. The van der Waals surface area contributed by atoms with Gasteiger partial charge in [0.25, 0.3) is 0 Å². The van der Waals surface area contributed by atoms with Crippen molar-refractivity contribution >= 4 is 28.4 Å². The molecule has 16 heavy (non-hydrogen) atoms. The van der Waals surface area contributed by atoms with Crippen LogP contribution >= 0.6 is 11.6 Å². The molecule has 0 saturated heterocycles. The fourth-order valence-corrected chi connectivity index (χ4v) is 2.27. The monoisotopic (exact) mass is 260 g/mol. The van der Waals surface area contributed by atoms with E-state index in [4.69, 9.17) is 16.3 Å². The predicted molar refractivity (Wildman–Crippen MR) is 64.0 cm³/mol. The maximum atomic E-state index is 11.7. The van der Waals surface area contributed by atoms with Crippen LogP contribution in [0.4, 0.5) is 0 Å². The van der Waals surface area contributed by atoms with Crippen LogP contribution in [0, 0.1) is 0 Å². The Hall–Kier alpha value is -0.870. The van der Waals surface area contributed by atoms with Gasteiger partial charge in [0.2, 0.25) is 0 Å². The van der Waals surface area contributed by atoms with E-state index < -0.39 is 10.8 Å². The van der Waals surface area contributed by atoms with E-state index in [0.29, 0.717) is 16.5 Å². The van der Waals surface area contributed by atoms with Gasteiger partial charge in [0.1, 0.15) is 0 Å². The third-order valence-electron chi connectivity index (χ3n) is 1.87. The molecule has 1 aromatic carbocycles. The molecule has 88 valence electrons. The van der Waals surface area contributed by atoms with Gasteiger partial charge in [-0.05, 0) is 31.2 Å². The summed E-state index contributed by atoms with van der Waals surface area (Å²) in [5.41, 5.74) is 0. The Morgan fingerprint density at radius 3 is 2.56 bits per heavy atom. The van der Waals surface area contributed by atoms with E-state index in [1.165, 1.54) is 0 Å². The largest absolute Gasteiger partial charge is 0.466 e. The third kappa shape index (κ3) is 4.33. The predicted octanol–water partition coefficient (Wildman–Crippen LogP) is 2.40. The van der Waals surface area contributed by atoms with E-state index in [2.05, 4.69) is 0 Å². The van der Waals surface area contributed by atoms with Crippen LogP contribution in [0.1, 0.15) is 13.3 Å². The molecule has 1 rings (SSSR count). The molecule has 1 atom stereocenters. The van der Waals surface area contributed by atoms with E-state index in [-0.39, 0.29) is 18.1 Å². The Morgan fingerprint density at radius 1 is 1.38 bits per heavy atom. The lowest BCUT2D eigenvalue weighted by Crippen LogP contribution is -2.09. The molecule has 0 fully saturated rings. The molecule has 0 aliphatic carbocycles. The van der Waals surface area contributed by atoms with E-state index >= 15 is 0 Å². The highest BCUT2D eigenvalue weighted by Gasteiger charge is 2.08. The Kier molecular flexibility index (Phi) is 5.49. The van der Waals surface area contributed by atoms with Gasteiger partial charge in [0, 0.05) is 15.7 Å². The quantitative estimate of drug-likeness (QED) is 0.764. The molecule has 0 aromatic heterocycles. The Labute approximate surface area is 102 Å². The Morgan fingerprint density at radius 2 is 2.00 bits per heavy atom. The van der Waals surface area contributed by atoms with Gasteiger partial charge in [-0.1, -0.05) is 11.6 Å². The second-order valence-corrected chi connectivity index (χ2v) is 5.07. The molecule has 0 radical (unpaired) electrons. The number of esters is 1. The van der Waals surface area contributed by atoms with Crippen molar-refractivity contribution in [3.63, 3.8) is 0 Å². The van der Waals surface area contributed by atoms with Crippen LogP contribution in [0.15, 0.2) is 29.2 Å². The second-order valence-electron chi connectivity index (χ2n) is 3.06. The van der Waals surface area contributed by atoms with E-state index in [9.17, 15) is 9.00 Å². The molecule has 0 N–H and O–H groups in total. The normalized spacial score (nSPS) is 12.1. The first kappa shape index (κ1) is 13.2. The van der Waals surface area contributed by atoms with E-state index in [1.807, 2.05) is 0 Å². The summed E-state index contributed by atoms with van der Waals surface area (Å²) in [7, 11) is -1.18. The van der Waals surface area contributed by atoms with E-state index in [0.717, 1.165) is 0 Å². The van der Waals surface area contributed by atoms with Gasteiger partial charge in [-0.15, -0.1) is 0 Å². The van der Waals surface area contributed by atoms with Crippen molar-refractivity contribution in [3.8, 4) is 0 Å². The lowest BCUT2D eigenvalue weighted by atomic mass is 10.4. The highest BCUT2D eigenvalue weighted by Crippen LogP contribution is 2.13. The first-order valence-corrected chi connectivity index (χ1v) is 6.62. The van der Waals surface area contributed by atoms with Gasteiger partial charge in [-0.2, -0.15) is 0 Å². The van der Waals surface area contributed by atoms with E-state index in [1.54, 1.807) is 31.2 Å². The highest BCUT2D eigenvalue weighted by molar-refractivity contribution is 7.85. The summed E-state index contributed by atoms with van der Waals surface area (Å²) in [4.78, 5) is 11.7. The number of carbonyl (C=O) groups excluding carboxylic acids is 1. The molecule has 5 heteroatoms. The molecule has 1 unspecified atom stereocenters. The standard InChI is InChI=1S/C11H13ClO3S/c1-2-15-11(13)7-8-16(14)10-5-3-9(12)4-6-10/h3-6H,2,7-8H2,1H3. The fourth-order valence-electron chi connectivity index (χ4n) is 1.11. The molecule has 0 heterocycles. The van der Waals surface area contributed by atoms with Crippen molar-refractivity contribution in [2.75, 3.05) is 12.4 Å². The molecular formula is C11H13ClO3S. The van der Waals surface area contributed by atoms with Crippen LogP contribution in [-0.2, 0) is 20.3 Å². The lowest BCUT2D eigenvalue weighted by molar-refractivity contribution is -0.142. The molecule has 0 bridgehead atoms. The average Bonchev–Trinajstić information content (AvgIpc) is 2.27. The van der Waals surface area contributed by atoms with Crippen LogP contribution in [-0.4, -0.2) is 22.5 Å². The maximum absolute atomic E-state index is 11.7. The highest BCUT2D eigenvalue weighted by atomic mass is 35.5. The summed E-state index contributed by atoms with van der Waals surface area (Å²) >= 11 is 5.71. The van der Waals surface area contributed by atoms with Crippen molar-refractivity contribution in [3.05, 3.63) is 29.3 Å². The SMILES string of the molecule is CCOC(=O)CCS(=O)c1ccc(Cl)cc1. The van der Waals surface area contributed by atoms with Crippen LogP contribution in [0.2, 0.25) is 5.02 Å². The van der Waals surface area contributed by atoms with Crippen molar-refractivity contribution in [2.45, 2.75) is 18.2 Å². The molecule has 0 saturated carbocycles. The summed E-state index contributed by atoms with van der Waals surface area (Å²) in [6, 6.07) is 6.76. The van der Waals surface area contributed by atoms with Gasteiger partial charge in [0.15, 0.2) is 0 Å². The smallest absolute Gasteiger partial charge is 0.306 e. The summed E-state index contributed by atoms with van der Waals surface area (Å²) in [6.45, 7) is 2.10. The molecule has 3 nitrogen and oxygen atoms in total. The Balaban J connectivity index is 2.47. The lowest BCUT2D eigenvalue weighted by Gasteiger charge is -2.02. The van der Waals surface area contributed by atoms with Crippen LogP contribution in [0.3, 0.4) is 0 Å². The summed E-state index contributed by atoms with van der Waals surface area (Å²) in [5.74, 6) is -0.0367. The van der Waals surface area contributed by atoms with Crippen molar-refractivity contribution in [2.24, 2.45) is 0 Å². The fraction of sp³-hybridized carbons (Fsp3) is 0.364. The summed E-state index contributed by atoms with van der Waals surface area (Å²) in [6.07, 6.45) is 0.170. The van der Waals surface area contributed by atoms with Crippen LogP contribution in [0.5, 0.6) is 0 Å². The minimum absolute atomic E-state index is 0.170. The van der Waals surface area contributed by atoms with Gasteiger partial charge in [0.05, 0.1) is 23.8 Å². The molecule has 0 spiro atoms. The maximum Gasteiger partial charge on any atom is 0.306 e. The summed E-state index contributed by atoms with van der Waals surface area (Å²) in [5, 5.41) is 0.603. The summed E-state index contributed by atoms with van der Waals surface area (Å²) < 4.78 is 16.5. The Bertz CT molecular complexity index is 375. The molecular weight excluding hydrogens is 248 g/mol. The van der Waals surface area contributed by atoms with Crippen molar-refractivity contribution in [1.29, 1.82) is 0 Å². The number of carbonyl (C=O) groups is 1. The average molecular weight is 261 g/mol. The van der Waals surface area contributed by atoms with Gasteiger partial charge in [-0.3, -0.25) is 9.00 Å². The number of hydrogen-bond donors (Lipinski definition) is 0. The molecule has 0 aliphatic rings. The zero-order chi connectivity index (χ0) is 12.0. The van der Waals surface area contributed by atoms with Crippen molar-refractivity contribution < 1.29 is 13.7 Å². The molecule has 0 amide bonds. The molecule has 0 aliphatic heterocycles. The number of rotatable bonds is 5. The van der Waals surface area contributed by atoms with Gasteiger partial charge in [-0.25, -0.2) is 0 Å². The zero-order valence-corrected chi connectivity index (χ0v) is 10.5. The number of ether oxygens (including phenoxy) is 1. The zero-order valence-electron chi connectivity index (χ0n) is 8.94. The first-order valence-electron chi connectivity index (χ1n) is 4.93. The third-order valence-corrected chi connectivity index (χ3v) is 3.50. The van der Waals surface area contributed by atoms with Gasteiger partial charge < -0.3 is 4.74 Å². The number of hydrogen-bond acceptors (Lipinski definition) is 3. The number of benzene rings is 1. The topological polar surface area (TPSA) is 43.4 Å². The minimum Gasteiger partial charge on any atom is -0.466 e. The van der Waals surface area contributed by atoms with Gasteiger partial charge >= 0.3 is 5.97 Å².